The number of amides is 1. The van der Waals surface area contributed by atoms with Crippen molar-refractivity contribution in [3.63, 3.8) is 0 Å². The third-order valence-corrected chi connectivity index (χ3v) is 5.67. The molecule has 7 heteroatoms. The quantitative estimate of drug-likeness (QED) is 0.679. The number of nitrogens with zero attached hydrogens (tertiary/aromatic N) is 3. The average Bonchev–Trinajstić information content (AvgIpc) is 2.81. The summed E-state index contributed by atoms with van der Waals surface area (Å²) in [6, 6.07) is 13.8. The van der Waals surface area contributed by atoms with E-state index in [4.69, 9.17) is 10.5 Å². The van der Waals surface area contributed by atoms with Crippen molar-refractivity contribution >= 4 is 11.9 Å². The monoisotopic (exact) mass is 420 g/mol. The van der Waals surface area contributed by atoms with E-state index >= 15 is 0 Å². The van der Waals surface area contributed by atoms with Gasteiger partial charge in [-0.05, 0) is 48.2 Å². The lowest BCUT2D eigenvalue weighted by Gasteiger charge is -2.33. The number of anilines is 1. The van der Waals surface area contributed by atoms with Crippen LogP contribution in [0.25, 0.3) is 11.1 Å². The number of hydrogen-bond acceptors (Lipinski definition) is 5. The summed E-state index contributed by atoms with van der Waals surface area (Å²) < 4.78 is 18.4. The van der Waals surface area contributed by atoms with Gasteiger partial charge in [-0.15, -0.1) is 0 Å². The number of halogens is 1. The van der Waals surface area contributed by atoms with Crippen molar-refractivity contribution in [1.82, 2.24) is 14.9 Å². The molecule has 2 heterocycles. The summed E-state index contributed by atoms with van der Waals surface area (Å²) in [7, 11) is 1.63. The molecule has 0 unspecified atom stereocenters. The second kappa shape index (κ2) is 9.12. The number of methoxy groups -OCH3 is 1. The molecule has 4 rings (SSSR count). The van der Waals surface area contributed by atoms with Gasteiger partial charge >= 0.3 is 0 Å². The lowest BCUT2D eigenvalue weighted by Crippen LogP contribution is -2.40. The molecule has 1 saturated heterocycles. The highest BCUT2D eigenvalue weighted by molar-refractivity contribution is 5.79. The Morgan fingerprint density at radius 3 is 2.65 bits per heavy atom. The van der Waals surface area contributed by atoms with Gasteiger partial charge in [0.15, 0.2) is 0 Å². The lowest BCUT2D eigenvalue weighted by atomic mass is 9.89. The number of nitrogen functional groups attached to an aromatic ring is 1. The fraction of sp³-hybridized carbons (Fsp3) is 0.292. The fourth-order valence-corrected chi connectivity index (χ4v) is 4.03. The zero-order chi connectivity index (χ0) is 21.8. The van der Waals surface area contributed by atoms with E-state index in [1.165, 1.54) is 12.1 Å². The van der Waals surface area contributed by atoms with Crippen molar-refractivity contribution in [2.75, 3.05) is 25.9 Å². The Bertz CT molecular complexity index is 1050. The van der Waals surface area contributed by atoms with Gasteiger partial charge in [0.2, 0.25) is 11.9 Å². The van der Waals surface area contributed by atoms with Crippen LogP contribution in [0.1, 0.15) is 30.0 Å². The zero-order valence-electron chi connectivity index (χ0n) is 17.4. The number of likely N-dealkylation sites (tertiary alicyclic amines) is 1. The van der Waals surface area contributed by atoms with E-state index in [2.05, 4.69) is 9.97 Å². The minimum absolute atomic E-state index is 0.0318. The number of piperidine rings is 1. The largest absolute Gasteiger partial charge is 0.497 e. The molecule has 3 aromatic rings. The molecule has 1 amide bonds. The third-order valence-electron chi connectivity index (χ3n) is 5.67. The number of carbonyl (C=O) groups is 1. The standard InChI is InChI=1S/C24H25FN4O2/c1-31-20-10-6-17(7-11-20)21-14-27-24(26)28-23(21)18-3-2-12-29(15-18)22(30)13-16-4-8-19(25)9-5-16/h4-11,14,18H,2-3,12-13,15H2,1H3,(H2,26,27,28)/t18-/m0/s1. The van der Waals surface area contributed by atoms with Gasteiger partial charge in [0.05, 0.1) is 19.2 Å². The van der Waals surface area contributed by atoms with Crippen LogP contribution in [0.5, 0.6) is 5.75 Å². The molecule has 1 aliphatic rings. The molecular formula is C24H25FN4O2. The van der Waals surface area contributed by atoms with Crippen molar-refractivity contribution in [2.24, 2.45) is 0 Å². The Labute approximate surface area is 180 Å². The molecule has 1 aromatic heterocycles. The molecule has 1 atom stereocenters. The Kier molecular flexibility index (Phi) is 6.11. The topological polar surface area (TPSA) is 81.3 Å². The number of carbonyl (C=O) groups excluding carboxylic acids is 1. The molecule has 1 fully saturated rings. The first-order chi connectivity index (χ1) is 15.0. The minimum Gasteiger partial charge on any atom is -0.497 e. The van der Waals surface area contributed by atoms with Gasteiger partial charge in [-0.1, -0.05) is 24.3 Å². The first-order valence-electron chi connectivity index (χ1n) is 10.3. The van der Waals surface area contributed by atoms with Crippen LogP contribution in [0.3, 0.4) is 0 Å². The third kappa shape index (κ3) is 4.82. The van der Waals surface area contributed by atoms with Crippen molar-refractivity contribution in [3.8, 4) is 16.9 Å². The summed E-state index contributed by atoms with van der Waals surface area (Å²) in [5.74, 6) is 0.790. The predicted molar refractivity (Wildman–Crippen MR) is 117 cm³/mol. The summed E-state index contributed by atoms with van der Waals surface area (Å²) in [4.78, 5) is 23.5. The molecule has 2 N–H and O–H groups in total. The first kappa shape index (κ1) is 20.8. The van der Waals surface area contributed by atoms with E-state index in [9.17, 15) is 9.18 Å². The lowest BCUT2D eigenvalue weighted by molar-refractivity contribution is -0.131. The van der Waals surface area contributed by atoms with Crippen LogP contribution in [-0.2, 0) is 11.2 Å². The molecule has 31 heavy (non-hydrogen) atoms. The van der Waals surface area contributed by atoms with Gasteiger partial charge < -0.3 is 15.4 Å². The van der Waals surface area contributed by atoms with Crippen LogP contribution < -0.4 is 10.5 Å². The van der Waals surface area contributed by atoms with Gasteiger partial charge in [0, 0.05) is 30.8 Å². The fourth-order valence-electron chi connectivity index (χ4n) is 4.03. The number of rotatable bonds is 5. The van der Waals surface area contributed by atoms with Gasteiger partial charge in [-0.25, -0.2) is 14.4 Å². The molecule has 160 valence electrons. The average molecular weight is 420 g/mol. The van der Waals surface area contributed by atoms with E-state index in [1.807, 2.05) is 29.2 Å². The highest BCUT2D eigenvalue weighted by atomic mass is 19.1. The highest BCUT2D eigenvalue weighted by Crippen LogP contribution is 2.34. The maximum Gasteiger partial charge on any atom is 0.227 e. The highest BCUT2D eigenvalue weighted by Gasteiger charge is 2.28. The maximum absolute atomic E-state index is 13.1. The summed E-state index contributed by atoms with van der Waals surface area (Å²) >= 11 is 0. The number of hydrogen-bond donors (Lipinski definition) is 1. The van der Waals surface area contributed by atoms with Crippen molar-refractivity contribution in [1.29, 1.82) is 0 Å². The van der Waals surface area contributed by atoms with E-state index in [0.29, 0.717) is 13.1 Å². The maximum atomic E-state index is 13.1. The number of aromatic nitrogens is 2. The van der Waals surface area contributed by atoms with E-state index in [-0.39, 0.29) is 30.0 Å². The summed E-state index contributed by atoms with van der Waals surface area (Å²) in [5.41, 5.74) is 9.47. The van der Waals surface area contributed by atoms with E-state index in [0.717, 1.165) is 41.0 Å². The molecule has 2 aromatic carbocycles. The van der Waals surface area contributed by atoms with Gasteiger partial charge in [0.25, 0.3) is 0 Å². The molecule has 0 aliphatic carbocycles. The van der Waals surface area contributed by atoms with Crippen LogP contribution >= 0.6 is 0 Å². The predicted octanol–water partition coefficient (Wildman–Crippen LogP) is 3.82. The Hall–Kier alpha value is -3.48. The smallest absolute Gasteiger partial charge is 0.227 e. The zero-order valence-corrected chi connectivity index (χ0v) is 17.4. The number of benzene rings is 2. The second-order valence-electron chi connectivity index (χ2n) is 7.74. The molecule has 0 saturated carbocycles. The van der Waals surface area contributed by atoms with E-state index in [1.54, 1.807) is 25.4 Å². The van der Waals surface area contributed by atoms with Gasteiger partial charge in [-0.3, -0.25) is 4.79 Å². The summed E-state index contributed by atoms with van der Waals surface area (Å²) in [6.45, 7) is 1.27. The molecule has 1 aliphatic heterocycles. The van der Waals surface area contributed by atoms with Crippen LogP contribution in [0.2, 0.25) is 0 Å². The van der Waals surface area contributed by atoms with E-state index < -0.39 is 0 Å². The number of ether oxygens (including phenoxy) is 1. The molecule has 0 bridgehead atoms. The SMILES string of the molecule is COc1ccc(-c2cnc(N)nc2[C@H]2CCCN(C(=O)Cc3ccc(F)cc3)C2)cc1. The van der Waals surface area contributed by atoms with Gasteiger partial charge in [0.1, 0.15) is 11.6 Å². The molecular weight excluding hydrogens is 395 g/mol. The Morgan fingerprint density at radius 1 is 1.19 bits per heavy atom. The normalized spacial score (nSPS) is 16.2. The summed E-state index contributed by atoms with van der Waals surface area (Å²) in [6.07, 6.45) is 3.80. The van der Waals surface area contributed by atoms with Crippen LogP contribution in [0.4, 0.5) is 10.3 Å². The molecule has 0 spiro atoms. The van der Waals surface area contributed by atoms with Crippen molar-refractivity contribution in [3.05, 3.63) is 71.8 Å². The minimum atomic E-state index is -0.304. The summed E-state index contributed by atoms with van der Waals surface area (Å²) in [5, 5.41) is 0. The van der Waals surface area contributed by atoms with Crippen molar-refractivity contribution < 1.29 is 13.9 Å². The van der Waals surface area contributed by atoms with Crippen LogP contribution in [-0.4, -0.2) is 41.0 Å². The van der Waals surface area contributed by atoms with Crippen LogP contribution in [0.15, 0.2) is 54.7 Å². The Morgan fingerprint density at radius 2 is 1.94 bits per heavy atom. The molecule has 6 nitrogen and oxygen atoms in total. The van der Waals surface area contributed by atoms with Gasteiger partial charge in [-0.2, -0.15) is 0 Å². The molecule has 0 radical (unpaired) electrons. The second-order valence-corrected chi connectivity index (χ2v) is 7.74. The van der Waals surface area contributed by atoms with Crippen LogP contribution in [0, 0.1) is 5.82 Å². The van der Waals surface area contributed by atoms with Crippen molar-refractivity contribution in [2.45, 2.75) is 25.2 Å². The number of nitrogens with two attached hydrogens (primary N) is 1. The Balaban J connectivity index is 1.55. The first-order valence-corrected chi connectivity index (χ1v) is 10.3.